The first-order valence-electron chi connectivity index (χ1n) is 6.90. The lowest BCUT2D eigenvalue weighted by Gasteiger charge is -2.36. The van der Waals surface area contributed by atoms with Crippen LogP contribution in [0.15, 0.2) is 6.20 Å². The number of aromatic nitrogens is 2. The lowest BCUT2D eigenvalue weighted by molar-refractivity contribution is 0.0902. The van der Waals surface area contributed by atoms with Crippen LogP contribution in [0, 0.1) is 0 Å². The van der Waals surface area contributed by atoms with Crippen molar-refractivity contribution >= 4 is 5.78 Å². The van der Waals surface area contributed by atoms with Gasteiger partial charge in [-0.05, 0) is 19.9 Å². The Kier molecular flexibility index (Phi) is 4.24. The van der Waals surface area contributed by atoms with Gasteiger partial charge in [0.1, 0.15) is 5.69 Å². The van der Waals surface area contributed by atoms with E-state index in [0.717, 1.165) is 12.8 Å². The number of nitrogens with one attached hydrogen (secondary N) is 1. The smallest absolute Gasteiger partial charge is 0.186 e. The molecular formula is C14H23N3O2. The number of hydrogen-bond acceptors (Lipinski definition) is 4. The molecule has 0 amide bonds. The van der Waals surface area contributed by atoms with Gasteiger partial charge in [-0.3, -0.25) is 9.48 Å². The van der Waals surface area contributed by atoms with E-state index in [9.17, 15) is 4.79 Å². The lowest BCUT2D eigenvalue weighted by Crippen LogP contribution is -2.46. The average molecular weight is 265 g/mol. The van der Waals surface area contributed by atoms with Crippen molar-refractivity contribution in [1.29, 1.82) is 0 Å². The molecule has 5 nitrogen and oxygen atoms in total. The van der Waals surface area contributed by atoms with Crippen LogP contribution in [0.5, 0.6) is 5.75 Å². The number of methoxy groups -OCH3 is 1. The third kappa shape index (κ3) is 2.81. The van der Waals surface area contributed by atoms with Gasteiger partial charge in [0.05, 0.1) is 13.3 Å². The minimum Gasteiger partial charge on any atom is -0.493 e. The summed E-state index contributed by atoms with van der Waals surface area (Å²) in [6, 6.07) is 0. The Bertz CT molecular complexity index is 448. The second-order valence-electron chi connectivity index (χ2n) is 5.38. The fraction of sp³-hybridized carbons (Fsp3) is 0.714. The molecule has 0 aliphatic heterocycles. The highest BCUT2D eigenvalue weighted by Crippen LogP contribution is 2.32. The zero-order chi connectivity index (χ0) is 13.9. The van der Waals surface area contributed by atoms with Gasteiger partial charge in [0.15, 0.2) is 11.5 Å². The second-order valence-corrected chi connectivity index (χ2v) is 5.38. The van der Waals surface area contributed by atoms with Gasteiger partial charge in [-0.2, -0.15) is 5.10 Å². The molecular weight excluding hydrogens is 242 g/mol. The lowest BCUT2D eigenvalue weighted by atomic mass is 9.78. The first-order chi connectivity index (χ1) is 9.12. The van der Waals surface area contributed by atoms with Gasteiger partial charge >= 0.3 is 0 Å². The molecule has 1 aliphatic rings. The van der Waals surface area contributed by atoms with E-state index >= 15 is 0 Å². The Labute approximate surface area is 114 Å². The maximum Gasteiger partial charge on any atom is 0.186 e. The first-order valence-corrected chi connectivity index (χ1v) is 6.90. The number of carbonyl (C=O) groups excluding carboxylic acids is 1. The highest BCUT2D eigenvalue weighted by atomic mass is 16.5. The van der Waals surface area contributed by atoms with Gasteiger partial charge in [0.25, 0.3) is 0 Å². The van der Waals surface area contributed by atoms with Crippen LogP contribution in [0.4, 0.5) is 0 Å². The molecule has 0 bridgehead atoms. The Morgan fingerprint density at radius 3 is 2.74 bits per heavy atom. The normalized spacial score (nSPS) is 18.3. The fourth-order valence-electron chi connectivity index (χ4n) is 3.02. The average Bonchev–Trinajstić information content (AvgIpc) is 2.81. The molecule has 1 aromatic heterocycles. The van der Waals surface area contributed by atoms with Crippen molar-refractivity contribution in [3.05, 3.63) is 11.9 Å². The largest absolute Gasteiger partial charge is 0.493 e. The summed E-state index contributed by atoms with van der Waals surface area (Å²) >= 11 is 0. The number of Topliss-reactive ketones (excluding diaryl/α,β-unsaturated/α-hetero) is 1. The van der Waals surface area contributed by atoms with E-state index in [2.05, 4.69) is 10.4 Å². The standard InChI is InChI=1S/C14H23N3O2/c1-15-14(7-5-4-6-8-14)9-11(18)13-12(19-3)10-16-17(13)2/h10,15H,4-9H2,1-3H3. The van der Waals surface area contributed by atoms with Gasteiger partial charge in [-0.25, -0.2) is 0 Å². The third-order valence-electron chi connectivity index (χ3n) is 4.23. The number of nitrogens with zero attached hydrogens (tertiary/aromatic N) is 2. The second kappa shape index (κ2) is 5.74. The Balaban J connectivity index is 2.17. The van der Waals surface area contributed by atoms with Crippen LogP contribution in [0.1, 0.15) is 49.0 Å². The van der Waals surface area contributed by atoms with E-state index in [1.165, 1.54) is 19.3 Å². The summed E-state index contributed by atoms with van der Waals surface area (Å²) in [6.45, 7) is 0. The third-order valence-corrected chi connectivity index (χ3v) is 4.23. The van der Waals surface area contributed by atoms with Crippen LogP contribution in [0.2, 0.25) is 0 Å². The van der Waals surface area contributed by atoms with E-state index in [0.29, 0.717) is 17.9 Å². The molecule has 19 heavy (non-hydrogen) atoms. The molecule has 0 atom stereocenters. The molecule has 1 aliphatic carbocycles. The van der Waals surface area contributed by atoms with E-state index in [-0.39, 0.29) is 11.3 Å². The number of ether oxygens (including phenoxy) is 1. The number of rotatable bonds is 5. The van der Waals surface area contributed by atoms with Crippen molar-refractivity contribution in [2.24, 2.45) is 7.05 Å². The maximum absolute atomic E-state index is 12.6. The summed E-state index contributed by atoms with van der Waals surface area (Å²) in [7, 11) is 5.31. The predicted octanol–water partition coefficient (Wildman–Crippen LogP) is 1.92. The Morgan fingerprint density at radius 2 is 2.16 bits per heavy atom. The maximum atomic E-state index is 12.6. The summed E-state index contributed by atoms with van der Waals surface area (Å²) in [5, 5.41) is 7.48. The van der Waals surface area contributed by atoms with Gasteiger partial charge in [-0.15, -0.1) is 0 Å². The first kappa shape index (κ1) is 14.1. The molecule has 1 N–H and O–H groups in total. The molecule has 106 valence electrons. The highest BCUT2D eigenvalue weighted by Gasteiger charge is 2.34. The molecule has 0 unspecified atom stereocenters. The van der Waals surface area contributed by atoms with Crippen molar-refractivity contribution < 1.29 is 9.53 Å². The molecule has 0 aromatic carbocycles. The monoisotopic (exact) mass is 265 g/mol. The molecule has 2 rings (SSSR count). The Morgan fingerprint density at radius 1 is 1.47 bits per heavy atom. The van der Waals surface area contributed by atoms with Crippen LogP contribution < -0.4 is 10.1 Å². The summed E-state index contributed by atoms with van der Waals surface area (Å²) in [6.07, 6.45) is 7.89. The van der Waals surface area contributed by atoms with Gasteiger partial charge in [0, 0.05) is 19.0 Å². The van der Waals surface area contributed by atoms with E-state index in [1.54, 1.807) is 25.0 Å². The minimum atomic E-state index is -0.0510. The summed E-state index contributed by atoms with van der Waals surface area (Å²) in [5.74, 6) is 0.669. The van der Waals surface area contributed by atoms with E-state index < -0.39 is 0 Å². The van der Waals surface area contributed by atoms with E-state index in [1.807, 2.05) is 7.05 Å². The van der Waals surface area contributed by atoms with Crippen molar-refractivity contribution in [3.8, 4) is 5.75 Å². The summed E-state index contributed by atoms with van der Waals surface area (Å²) in [4.78, 5) is 12.6. The number of aryl methyl sites for hydroxylation is 1. The Hall–Kier alpha value is -1.36. The fourth-order valence-corrected chi connectivity index (χ4v) is 3.02. The van der Waals surface area contributed by atoms with Crippen molar-refractivity contribution in [2.45, 2.75) is 44.1 Å². The van der Waals surface area contributed by atoms with Crippen molar-refractivity contribution in [2.75, 3.05) is 14.2 Å². The quantitative estimate of drug-likeness (QED) is 0.826. The summed E-state index contributed by atoms with van der Waals surface area (Å²) < 4.78 is 6.82. The highest BCUT2D eigenvalue weighted by molar-refractivity contribution is 5.97. The van der Waals surface area contributed by atoms with Crippen LogP contribution in [0.25, 0.3) is 0 Å². The van der Waals surface area contributed by atoms with Crippen molar-refractivity contribution in [1.82, 2.24) is 15.1 Å². The van der Waals surface area contributed by atoms with Gasteiger partial charge < -0.3 is 10.1 Å². The van der Waals surface area contributed by atoms with Crippen LogP contribution in [0.3, 0.4) is 0 Å². The summed E-state index contributed by atoms with van der Waals surface area (Å²) in [5.41, 5.74) is 0.521. The molecule has 0 spiro atoms. The predicted molar refractivity (Wildman–Crippen MR) is 73.6 cm³/mol. The van der Waals surface area contributed by atoms with Crippen LogP contribution in [-0.2, 0) is 7.05 Å². The minimum absolute atomic E-state index is 0.0510. The zero-order valence-electron chi connectivity index (χ0n) is 12.0. The molecule has 0 saturated heterocycles. The molecule has 0 radical (unpaired) electrons. The van der Waals surface area contributed by atoms with Gasteiger partial charge in [-0.1, -0.05) is 19.3 Å². The molecule has 1 fully saturated rings. The van der Waals surface area contributed by atoms with Crippen LogP contribution in [-0.4, -0.2) is 35.3 Å². The molecule has 5 heteroatoms. The van der Waals surface area contributed by atoms with Crippen LogP contribution >= 0.6 is 0 Å². The molecule has 1 heterocycles. The number of ketones is 1. The molecule has 1 aromatic rings. The number of carbonyl (C=O) groups is 1. The topological polar surface area (TPSA) is 56.1 Å². The number of hydrogen-bond donors (Lipinski definition) is 1. The van der Waals surface area contributed by atoms with E-state index in [4.69, 9.17) is 4.74 Å². The van der Waals surface area contributed by atoms with Crippen molar-refractivity contribution in [3.63, 3.8) is 0 Å². The zero-order valence-corrected chi connectivity index (χ0v) is 12.0. The van der Waals surface area contributed by atoms with Gasteiger partial charge in [0.2, 0.25) is 0 Å². The molecule has 1 saturated carbocycles. The SMILES string of the molecule is CNC1(CC(=O)c2c(OC)cnn2C)CCCCC1.